The van der Waals surface area contributed by atoms with Gasteiger partial charge in [0.25, 0.3) is 0 Å². The molecule has 2 atom stereocenters. The summed E-state index contributed by atoms with van der Waals surface area (Å²) in [7, 11) is 1.72. The van der Waals surface area contributed by atoms with E-state index in [1.165, 1.54) is 16.7 Å². The van der Waals surface area contributed by atoms with Gasteiger partial charge < -0.3 is 10.2 Å². The van der Waals surface area contributed by atoms with Gasteiger partial charge in [-0.1, -0.05) is 61.5 Å². The van der Waals surface area contributed by atoms with Crippen LogP contribution in [0.3, 0.4) is 0 Å². The molecule has 152 valence electrons. The van der Waals surface area contributed by atoms with Gasteiger partial charge >= 0.3 is 0 Å². The third-order valence-corrected chi connectivity index (χ3v) is 6.80. The summed E-state index contributed by atoms with van der Waals surface area (Å²) in [6.07, 6.45) is 3.13. The fourth-order valence-corrected chi connectivity index (χ4v) is 4.74. The predicted molar refractivity (Wildman–Crippen MR) is 115 cm³/mol. The van der Waals surface area contributed by atoms with E-state index in [1.54, 1.807) is 7.05 Å². The topological polar surface area (TPSA) is 49.4 Å². The number of likely N-dealkylation sites (tertiary alicyclic amines) is 1. The van der Waals surface area contributed by atoms with Gasteiger partial charge in [-0.05, 0) is 48.3 Å². The van der Waals surface area contributed by atoms with Crippen molar-refractivity contribution in [2.24, 2.45) is 17.3 Å². The Morgan fingerprint density at radius 2 is 1.66 bits per heavy atom. The van der Waals surface area contributed by atoms with E-state index in [2.05, 4.69) is 42.6 Å². The number of carbonyl (C=O) groups is 2. The Labute approximate surface area is 173 Å². The van der Waals surface area contributed by atoms with Crippen LogP contribution in [0.25, 0.3) is 11.1 Å². The van der Waals surface area contributed by atoms with Crippen LogP contribution in [0.2, 0.25) is 0 Å². The largest absolute Gasteiger partial charge is 0.359 e. The van der Waals surface area contributed by atoms with E-state index in [0.717, 1.165) is 6.42 Å². The van der Waals surface area contributed by atoms with Crippen LogP contribution < -0.4 is 5.32 Å². The van der Waals surface area contributed by atoms with Crippen molar-refractivity contribution in [1.29, 1.82) is 0 Å². The van der Waals surface area contributed by atoms with E-state index in [4.69, 9.17) is 0 Å². The highest BCUT2D eigenvalue weighted by atomic mass is 16.2. The van der Waals surface area contributed by atoms with Gasteiger partial charge in [0.15, 0.2) is 0 Å². The molecular formula is C25H30N2O2. The van der Waals surface area contributed by atoms with Gasteiger partial charge in [0, 0.05) is 26.1 Å². The minimum absolute atomic E-state index is 0.0900. The quantitative estimate of drug-likeness (QED) is 0.842. The van der Waals surface area contributed by atoms with Crippen molar-refractivity contribution < 1.29 is 9.59 Å². The molecule has 0 spiro atoms. The van der Waals surface area contributed by atoms with Crippen LogP contribution in [-0.4, -0.2) is 36.9 Å². The summed E-state index contributed by atoms with van der Waals surface area (Å²) in [6, 6.07) is 18.7. The molecule has 1 saturated carbocycles. The van der Waals surface area contributed by atoms with E-state index in [-0.39, 0.29) is 17.7 Å². The molecule has 1 N–H and O–H groups in total. The third kappa shape index (κ3) is 3.93. The van der Waals surface area contributed by atoms with Crippen LogP contribution in [0.15, 0.2) is 54.6 Å². The molecule has 0 unspecified atom stereocenters. The molecular weight excluding hydrogens is 360 g/mol. The lowest BCUT2D eigenvalue weighted by Crippen LogP contribution is -2.51. The molecule has 4 rings (SSSR count). The van der Waals surface area contributed by atoms with Gasteiger partial charge in [0.2, 0.25) is 11.8 Å². The smallest absolute Gasteiger partial charge is 0.226 e. The van der Waals surface area contributed by atoms with E-state index >= 15 is 0 Å². The first-order chi connectivity index (χ1) is 14.0. The highest BCUT2D eigenvalue weighted by Gasteiger charge is 2.46. The number of nitrogens with one attached hydrogen (secondary N) is 1. The summed E-state index contributed by atoms with van der Waals surface area (Å²) in [6.45, 7) is 3.48. The first kappa shape index (κ1) is 19.7. The highest BCUT2D eigenvalue weighted by molar-refractivity contribution is 5.85. The average molecular weight is 391 g/mol. The number of hydrogen-bond acceptors (Lipinski definition) is 2. The summed E-state index contributed by atoms with van der Waals surface area (Å²) in [4.78, 5) is 27.6. The van der Waals surface area contributed by atoms with Gasteiger partial charge in [-0.15, -0.1) is 0 Å². The van der Waals surface area contributed by atoms with Crippen molar-refractivity contribution in [3.05, 3.63) is 60.2 Å². The molecule has 4 heteroatoms. The minimum Gasteiger partial charge on any atom is -0.359 e. The first-order valence-electron chi connectivity index (χ1n) is 10.7. The normalized spacial score (nSPS) is 22.8. The second kappa shape index (κ2) is 8.02. The lowest BCUT2D eigenvalue weighted by atomic mass is 9.72. The second-order valence-corrected chi connectivity index (χ2v) is 8.70. The molecule has 2 aliphatic rings. The highest BCUT2D eigenvalue weighted by Crippen LogP contribution is 2.42. The van der Waals surface area contributed by atoms with Crippen LogP contribution in [0.1, 0.15) is 31.7 Å². The SMILES string of the molecule is CNC(=O)C1(Cc2ccccc2-c2ccccc2)CCN(C(=O)[C@@H]2C[C@H]2C)CC1. The Morgan fingerprint density at radius 3 is 2.28 bits per heavy atom. The summed E-state index contributed by atoms with van der Waals surface area (Å²) >= 11 is 0. The van der Waals surface area contributed by atoms with Crippen molar-refractivity contribution in [2.45, 2.75) is 32.6 Å². The average Bonchev–Trinajstić information content (AvgIpc) is 3.50. The predicted octanol–water partition coefficient (Wildman–Crippen LogP) is 3.91. The maximum atomic E-state index is 13.0. The third-order valence-electron chi connectivity index (χ3n) is 6.80. The van der Waals surface area contributed by atoms with Gasteiger partial charge in [-0.25, -0.2) is 0 Å². The summed E-state index contributed by atoms with van der Waals surface area (Å²) in [5.74, 6) is 1.10. The van der Waals surface area contributed by atoms with Crippen molar-refractivity contribution >= 4 is 11.8 Å². The molecule has 2 fully saturated rings. The van der Waals surface area contributed by atoms with Crippen molar-refractivity contribution in [2.75, 3.05) is 20.1 Å². The molecule has 1 saturated heterocycles. The Bertz CT molecular complexity index is 885. The van der Waals surface area contributed by atoms with E-state index in [0.29, 0.717) is 38.3 Å². The molecule has 2 aromatic rings. The maximum Gasteiger partial charge on any atom is 0.226 e. The first-order valence-corrected chi connectivity index (χ1v) is 10.7. The van der Waals surface area contributed by atoms with E-state index in [1.807, 2.05) is 29.2 Å². The number of hydrogen-bond donors (Lipinski definition) is 1. The fraction of sp³-hybridized carbons (Fsp3) is 0.440. The van der Waals surface area contributed by atoms with Gasteiger partial charge in [0.1, 0.15) is 0 Å². The Kier molecular flexibility index (Phi) is 5.44. The number of carbonyl (C=O) groups excluding carboxylic acids is 2. The van der Waals surface area contributed by atoms with Crippen molar-refractivity contribution in [1.82, 2.24) is 10.2 Å². The van der Waals surface area contributed by atoms with Gasteiger partial charge in [0.05, 0.1) is 5.41 Å². The van der Waals surface area contributed by atoms with Crippen LogP contribution in [0, 0.1) is 17.3 Å². The van der Waals surface area contributed by atoms with E-state index < -0.39 is 5.41 Å². The molecule has 4 nitrogen and oxygen atoms in total. The number of nitrogens with zero attached hydrogens (tertiary/aromatic N) is 1. The summed E-state index contributed by atoms with van der Waals surface area (Å²) in [5, 5.41) is 2.90. The molecule has 0 radical (unpaired) electrons. The second-order valence-electron chi connectivity index (χ2n) is 8.70. The molecule has 0 bridgehead atoms. The number of amides is 2. The van der Waals surface area contributed by atoms with Gasteiger partial charge in [-0.3, -0.25) is 9.59 Å². The van der Waals surface area contributed by atoms with E-state index in [9.17, 15) is 9.59 Å². The maximum absolute atomic E-state index is 13.0. The molecule has 2 amide bonds. The monoisotopic (exact) mass is 390 g/mol. The Balaban J connectivity index is 1.57. The summed E-state index contributed by atoms with van der Waals surface area (Å²) in [5.41, 5.74) is 3.08. The standard InChI is InChI=1S/C25H30N2O2/c1-18-16-22(18)23(28)27-14-12-25(13-15-27,24(29)26-2)17-20-10-6-7-11-21(20)19-8-4-3-5-9-19/h3-11,18,22H,12-17H2,1-2H3,(H,26,29)/t18-,22-/m1/s1. The zero-order valence-electron chi connectivity index (χ0n) is 17.4. The molecule has 1 aliphatic carbocycles. The molecule has 29 heavy (non-hydrogen) atoms. The Hall–Kier alpha value is -2.62. The lowest BCUT2D eigenvalue weighted by Gasteiger charge is -2.41. The lowest BCUT2D eigenvalue weighted by molar-refractivity contribution is -0.141. The van der Waals surface area contributed by atoms with Crippen molar-refractivity contribution in [3.63, 3.8) is 0 Å². The molecule has 0 aromatic heterocycles. The Morgan fingerprint density at radius 1 is 1.03 bits per heavy atom. The molecule has 1 aliphatic heterocycles. The zero-order valence-corrected chi connectivity index (χ0v) is 17.4. The van der Waals surface area contributed by atoms with Crippen molar-refractivity contribution in [3.8, 4) is 11.1 Å². The zero-order chi connectivity index (χ0) is 20.4. The minimum atomic E-state index is -0.467. The van der Waals surface area contributed by atoms with Crippen LogP contribution in [0.4, 0.5) is 0 Å². The number of piperidine rings is 1. The molecule has 1 heterocycles. The number of rotatable bonds is 5. The molecule has 2 aromatic carbocycles. The van der Waals surface area contributed by atoms with Crippen LogP contribution in [0.5, 0.6) is 0 Å². The number of benzene rings is 2. The summed E-state index contributed by atoms with van der Waals surface area (Å²) < 4.78 is 0. The van der Waals surface area contributed by atoms with Gasteiger partial charge in [-0.2, -0.15) is 0 Å². The fourth-order valence-electron chi connectivity index (χ4n) is 4.74. The van der Waals surface area contributed by atoms with Crippen LogP contribution in [-0.2, 0) is 16.0 Å². The van der Waals surface area contributed by atoms with Crippen LogP contribution >= 0.6 is 0 Å².